The van der Waals surface area contributed by atoms with Gasteiger partial charge in [0.1, 0.15) is 11.6 Å². The van der Waals surface area contributed by atoms with E-state index >= 15 is 0 Å². The molecule has 19 heavy (non-hydrogen) atoms. The van der Waals surface area contributed by atoms with Crippen LogP contribution in [0.2, 0.25) is 0 Å². The Morgan fingerprint density at radius 3 is 2.32 bits per heavy atom. The smallest absolute Gasteiger partial charge is 0.408 e. The van der Waals surface area contributed by atoms with Crippen LogP contribution in [-0.4, -0.2) is 40.3 Å². The molecule has 0 heterocycles. The van der Waals surface area contributed by atoms with E-state index in [1.807, 2.05) is 13.8 Å². The molecule has 0 saturated carbocycles. The molecule has 0 spiro atoms. The molecule has 0 fully saturated rings. The van der Waals surface area contributed by atoms with Gasteiger partial charge in [0.2, 0.25) is 0 Å². The SMILES string of the molecule is C#CCSCC(NC(=O)OC(C)(C)C)C(=O)O.CC. The number of hydrogen-bond acceptors (Lipinski definition) is 4. The van der Waals surface area contributed by atoms with Gasteiger partial charge in [0, 0.05) is 5.75 Å². The average molecular weight is 289 g/mol. The fourth-order valence-electron chi connectivity index (χ4n) is 0.860. The molecule has 1 atom stereocenters. The van der Waals surface area contributed by atoms with Crippen molar-refractivity contribution in [2.24, 2.45) is 0 Å². The molecular weight excluding hydrogens is 266 g/mol. The van der Waals surface area contributed by atoms with Crippen LogP contribution < -0.4 is 5.32 Å². The van der Waals surface area contributed by atoms with E-state index in [2.05, 4.69) is 11.2 Å². The predicted molar refractivity (Wildman–Crippen MR) is 78.3 cm³/mol. The first-order chi connectivity index (χ1) is 8.76. The van der Waals surface area contributed by atoms with Crippen molar-refractivity contribution in [1.82, 2.24) is 5.32 Å². The molecule has 6 heteroatoms. The van der Waals surface area contributed by atoms with E-state index in [-0.39, 0.29) is 5.75 Å². The lowest BCUT2D eigenvalue weighted by Crippen LogP contribution is -2.44. The second-order valence-corrected chi connectivity index (χ2v) is 5.29. The number of thioether (sulfide) groups is 1. The summed E-state index contributed by atoms with van der Waals surface area (Å²) >= 11 is 1.26. The van der Waals surface area contributed by atoms with E-state index in [4.69, 9.17) is 16.3 Å². The van der Waals surface area contributed by atoms with E-state index in [9.17, 15) is 9.59 Å². The Bertz CT molecular complexity index is 318. The van der Waals surface area contributed by atoms with Crippen LogP contribution >= 0.6 is 11.8 Å². The number of aliphatic carboxylic acids is 1. The minimum Gasteiger partial charge on any atom is -0.480 e. The fraction of sp³-hybridized carbons (Fsp3) is 0.692. The van der Waals surface area contributed by atoms with Crippen molar-refractivity contribution < 1.29 is 19.4 Å². The summed E-state index contributed by atoms with van der Waals surface area (Å²) in [6, 6.07) is -0.997. The molecule has 0 aliphatic carbocycles. The number of amides is 1. The second kappa shape index (κ2) is 10.6. The largest absolute Gasteiger partial charge is 0.480 e. The first-order valence-electron chi connectivity index (χ1n) is 6.00. The van der Waals surface area contributed by atoms with Crippen molar-refractivity contribution >= 4 is 23.8 Å². The number of hydrogen-bond donors (Lipinski definition) is 2. The van der Waals surface area contributed by atoms with Crippen LogP contribution in [0.25, 0.3) is 0 Å². The van der Waals surface area contributed by atoms with Gasteiger partial charge in [-0.2, -0.15) is 0 Å². The Kier molecular flexibility index (Phi) is 11.1. The van der Waals surface area contributed by atoms with E-state index in [0.29, 0.717) is 5.75 Å². The van der Waals surface area contributed by atoms with Crippen molar-refractivity contribution in [3.8, 4) is 12.3 Å². The lowest BCUT2D eigenvalue weighted by Gasteiger charge is -2.21. The van der Waals surface area contributed by atoms with Gasteiger partial charge < -0.3 is 15.2 Å². The Hall–Kier alpha value is -1.35. The van der Waals surface area contributed by atoms with Gasteiger partial charge in [0.05, 0.1) is 5.75 Å². The molecule has 0 aliphatic rings. The molecule has 0 bridgehead atoms. The maximum atomic E-state index is 11.4. The normalized spacial score (nSPS) is 11.4. The van der Waals surface area contributed by atoms with Gasteiger partial charge >= 0.3 is 12.1 Å². The molecule has 0 rings (SSSR count). The second-order valence-electron chi connectivity index (χ2n) is 4.26. The molecule has 2 N–H and O–H groups in total. The fourth-order valence-corrected chi connectivity index (χ4v) is 1.56. The van der Waals surface area contributed by atoms with Crippen molar-refractivity contribution in [3.05, 3.63) is 0 Å². The third-order valence-electron chi connectivity index (χ3n) is 1.46. The van der Waals surface area contributed by atoms with Gasteiger partial charge in [-0.25, -0.2) is 9.59 Å². The van der Waals surface area contributed by atoms with E-state index < -0.39 is 23.7 Å². The summed E-state index contributed by atoms with van der Waals surface area (Å²) in [6.45, 7) is 9.11. The van der Waals surface area contributed by atoms with Gasteiger partial charge in [-0.1, -0.05) is 19.8 Å². The molecule has 1 amide bonds. The van der Waals surface area contributed by atoms with Crippen molar-refractivity contribution in [2.75, 3.05) is 11.5 Å². The number of alkyl carbamates (subject to hydrolysis) is 1. The molecule has 0 radical (unpaired) electrons. The first-order valence-corrected chi connectivity index (χ1v) is 7.15. The van der Waals surface area contributed by atoms with E-state index in [0.717, 1.165) is 0 Å². The van der Waals surface area contributed by atoms with E-state index in [1.54, 1.807) is 20.8 Å². The third kappa shape index (κ3) is 12.9. The number of carbonyl (C=O) groups excluding carboxylic acids is 1. The number of carboxylic acids is 1. The summed E-state index contributed by atoms with van der Waals surface area (Å²) in [7, 11) is 0. The summed E-state index contributed by atoms with van der Waals surface area (Å²) < 4.78 is 4.96. The highest BCUT2D eigenvalue weighted by molar-refractivity contribution is 7.99. The number of carbonyl (C=O) groups is 2. The highest BCUT2D eigenvalue weighted by Gasteiger charge is 2.23. The monoisotopic (exact) mass is 289 g/mol. The number of terminal acetylenes is 1. The Morgan fingerprint density at radius 2 is 1.95 bits per heavy atom. The summed E-state index contributed by atoms with van der Waals surface area (Å²) in [6.07, 6.45) is 4.30. The molecule has 5 nitrogen and oxygen atoms in total. The molecule has 0 saturated heterocycles. The molecular formula is C13H23NO4S. The molecule has 110 valence electrons. The first kappa shape index (κ1) is 20.0. The van der Waals surface area contributed by atoms with Gasteiger partial charge in [0.15, 0.2) is 0 Å². The minimum absolute atomic E-state index is 0.207. The zero-order valence-electron chi connectivity index (χ0n) is 12.1. The number of nitrogens with one attached hydrogen (secondary N) is 1. The molecule has 0 aromatic heterocycles. The molecule has 0 aliphatic heterocycles. The highest BCUT2D eigenvalue weighted by atomic mass is 32.2. The molecule has 1 unspecified atom stereocenters. The van der Waals surface area contributed by atoms with Crippen LogP contribution in [0.1, 0.15) is 34.6 Å². The summed E-state index contributed by atoms with van der Waals surface area (Å²) in [4.78, 5) is 22.2. The Balaban J connectivity index is 0. The quantitative estimate of drug-likeness (QED) is 0.600. The van der Waals surface area contributed by atoms with Crippen LogP contribution in [0.4, 0.5) is 4.79 Å². The Morgan fingerprint density at radius 1 is 1.42 bits per heavy atom. The summed E-state index contributed by atoms with van der Waals surface area (Å²) in [5.41, 5.74) is -0.654. The topological polar surface area (TPSA) is 75.6 Å². The van der Waals surface area contributed by atoms with Gasteiger partial charge in [0.25, 0.3) is 0 Å². The zero-order chi connectivity index (χ0) is 15.5. The standard InChI is InChI=1S/C11H17NO4S.C2H6/c1-5-6-17-7-8(9(13)14)12-10(15)16-11(2,3)4;1-2/h1,8H,6-7H2,2-4H3,(H,12,15)(H,13,14);1-2H3. The Labute approximate surface area is 119 Å². The highest BCUT2D eigenvalue weighted by Crippen LogP contribution is 2.08. The number of rotatable bonds is 5. The van der Waals surface area contributed by atoms with Crippen LogP contribution in [-0.2, 0) is 9.53 Å². The van der Waals surface area contributed by atoms with Crippen LogP contribution in [0.3, 0.4) is 0 Å². The van der Waals surface area contributed by atoms with Gasteiger partial charge in [-0.15, -0.1) is 18.2 Å². The maximum Gasteiger partial charge on any atom is 0.408 e. The minimum atomic E-state index is -1.11. The van der Waals surface area contributed by atoms with Gasteiger partial charge in [-0.3, -0.25) is 0 Å². The van der Waals surface area contributed by atoms with E-state index in [1.165, 1.54) is 11.8 Å². The lowest BCUT2D eigenvalue weighted by atomic mass is 10.2. The van der Waals surface area contributed by atoms with Crippen molar-refractivity contribution in [1.29, 1.82) is 0 Å². The summed E-state index contributed by atoms with van der Waals surface area (Å²) in [5.74, 6) is 1.88. The third-order valence-corrected chi connectivity index (χ3v) is 2.40. The van der Waals surface area contributed by atoms with Crippen LogP contribution in [0.5, 0.6) is 0 Å². The van der Waals surface area contributed by atoms with Crippen molar-refractivity contribution in [2.45, 2.75) is 46.3 Å². The molecule has 0 aromatic carbocycles. The predicted octanol–water partition coefficient (Wildman–Crippen LogP) is 2.36. The van der Waals surface area contributed by atoms with Crippen LogP contribution in [0, 0.1) is 12.3 Å². The van der Waals surface area contributed by atoms with Crippen LogP contribution in [0.15, 0.2) is 0 Å². The average Bonchev–Trinajstić information content (AvgIpc) is 2.28. The maximum absolute atomic E-state index is 11.4. The summed E-state index contributed by atoms with van der Waals surface area (Å²) in [5, 5.41) is 11.2. The zero-order valence-corrected chi connectivity index (χ0v) is 13.0. The number of ether oxygens (including phenoxy) is 1. The van der Waals surface area contributed by atoms with Crippen molar-refractivity contribution in [3.63, 3.8) is 0 Å². The number of carboxylic acid groups (broad SMARTS) is 1. The lowest BCUT2D eigenvalue weighted by molar-refractivity contribution is -0.138. The molecule has 0 aromatic rings. The van der Waals surface area contributed by atoms with Gasteiger partial charge in [-0.05, 0) is 20.8 Å².